The summed E-state index contributed by atoms with van der Waals surface area (Å²) in [7, 11) is 14.6. The Hall–Kier alpha value is 1.43. The number of rotatable bonds is 0. The van der Waals surface area contributed by atoms with Gasteiger partial charge in [-0.3, -0.25) is 0 Å². The molecule has 0 saturated heterocycles. The number of hydrogen-bond donors (Lipinski definition) is 0. The molecule has 0 amide bonds. The summed E-state index contributed by atoms with van der Waals surface area (Å²) >= 11 is 36.5. The molecule has 0 aromatic rings. The normalized spacial score (nSPS) is 7.08. The summed E-state index contributed by atoms with van der Waals surface area (Å²) in [4.78, 5) is 6.85. The van der Waals surface area contributed by atoms with E-state index >= 15 is 0 Å². The van der Waals surface area contributed by atoms with E-state index in [4.69, 9.17) is 0 Å². The van der Waals surface area contributed by atoms with E-state index in [0.29, 0.717) is 17.3 Å². The van der Waals surface area contributed by atoms with Gasteiger partial charge in [-0.05, 0) is 0 Å². The Bertz CT molecular complexity index is 321. The van der Waals surface area contributed by atoms with E-state index in [1.807, 2.05) is 56.4 Å². The fourth-order valence-electron chi connectivity index (χ4n) is 0. The molecule has 0 aliphatic rings. The minimum atomic E-state index is 0. The predicted octanol–water partition coefficient (Wildman–Crippen LogP) is 1.51. The molecular formula is C12H24N4Ni2S8. The van der Waals surface area contributed by atoms with Crippen molar-refractivity contribution in [2.24, 2.45) is 0 Å². The van der Waals surface area contributed by atoms with Gasteiger partial charge in [0.05, 0.1) is 0 Å². The zero-order valence-electron chi connectivity index (χ0n) is 15.7. The average molecular weight is 598 g/mol. The van der Waals surface area contributed by atoms with Crippen LogP contribution in [0.5, 0.6) is 0 Å². The Morgan fingerprint density at radius 1 is 0.423 bits per heavy atom. The summed E-state index contributed by atoms with van der Waals surface area (Å²) in [6, 6.07) is 0. The first-order valence-electron chi connectivity index (χ1n) is 6.11. The summed E-state index contributed by atoms with van der Waals surface area (Å²) in [6.45, 7) is 0. The van der Waals surface area contributed by atoms with Gasteiger partial charge in [0.1, 0.15) is 0 Å². The summed E-state index contributed by atoms with van der Waals surface area (Å²) < 4.78 is 2.04. The molecule has 0 atom stereocenters. The van der Waals surface area contributed by atoms with Gasteiger partial charge in [-0.25, -0.2) is 0 Å². The van der Waals surface area contributed by atoms with Crippen molar-refractivity contribution in [3.05, 3.63) is 0 Å². The minimum Gasteiger partial charge on any atom is -0.411 e. The molecule has 0 aliphatic carbocycles. The van der Waals surface area contributed by atoms with Crippen LogP contribution in [-0.4, -0.2) is 93.3 Å². The molecular weight excluding hydrogens is 574 g/mol. The van der Waals surface area contributed by atoms with Crippen LogP contribution in [0.2, 0.25) is 0 Å². The average Bonchev–Trinajstić information content (AvgIpc) is 2.40. The van der Waals surface area contributed by atoms with Crippen LogP contribution in [-0.2, 0) is 83.5 Å². The zero-order valence-corrected chi connectivity index (χ0v) is 24.2. The molecule has 0 heterocycles. The maximum atomic E-state index is 4.56. The molecule has 0 saturated carbocycles. The minimum absolute atomic E-state index is 0. The molecule has 0 N–H and O–H groups in total. The summed E-state index contributed by atoms with van der Waals surface area (Å²) in [5.41, 5.74) is 0. The van der Waals surface area contributed by atoms with Gasteiger partial charge in [-0.2, -0.15) is 0 Å². The maximum absolute atomic E-state index is 4.56. The topological polar surface area (TPSA) is 13.0 Å². The van der Waals surface area contributed by atoms with E-state index in [2.05, 4.69) is 99.4 Å². The summed E-state index contributed by atoms with van der Waals surface area (Å²) in [6.07, 6.45) is 0. The molecule has 0 aromatic carbocycles. The fraction of sp³-hybridized carbons (Fsp3) is 0.667. The molecule has 0 radical (unpaired) electrons. The SMILES string of the molecule is CN(C)C(=S)[S-].CN(C)C(=S)[S-].CN(C)C(=S)[S-].CN(C)C(=S)[S-].[Ni+2].[Ni+2]. The third-order valence-corrected chi connectivity index (χ3v) is 4.38. The predicted molar refractivity (Wildman–Crippen MR) is 135 cm³/mol. The molecule has 14 heteroatoms. The van der Waals surface area contributed by atoms with Crippen LogP contribution in [0, 0.1) is 0 Å². The first-order valence-corrected chi connectivity index (χ1v) is 9.37. The van der Waals surface area contributed by atoms with Crippen molar-refractivity contribution in [1.29, 1.82) is 0 Å². The third kappa shape index (κ3) is 50.0. The Morgan fingerprint density at radius 3 is 0.462 bits per heavy atom. The van der Waals surface area contributed by atoms with Crippen molar-refractivity contribution < 1.29 is 33.0 Å². The Kier molecular flexibility index (Phi) is 42.4. The van der Waals surface area contributed by atoms with E-state index in [1.54, 1.807) is 19.6 Å². The molecule has 0 unspecified atom stereocenters. The van der Waals surface area contributed by atoms with Crippen LogP contribution in [0.1, 0.15) is 0 Å². The second kappa shape index (κ2) is 26.4. The van der Waals surface area contributed by atoms with E-state index < -0.39 is 0 Å². The van der Waals surface area contributed by atoms with Crippen molar-refractivity contribution in [2.75, 3.05) is 56.4 Å². The first kappa shape index (κ1) is 41.7. The quantitative estimate of drug-likeness (QED) is 0.228. The van der Waals surface area contributed by atoms with Crippen molar-refractivity contribution in [3.8, 4) is 0 Å². The molecule has 0 spiro atoms. The largest absolute Gasteiger partial charge is 2.00 e. The number of thiocarbonyl (C=S) groups is 4. The van der Waals surface area contributed by atoms with Crippen LogP contribution in [0.25, 0.3) is 0 Å². The van der Waals surface area contributed by atoms with Gasteiger partial charge in [0.15, 0.2) is 0 Å². The number of nitrogens with zero attached hydrogens (tertiary/aromatic N) is 4. The van der Waals surface area contributed by atoms with Gasteiger partial charge in [-0.15, -0.1) is 0 Å². The van der Waals surface area contributed by atoms with Crippen LogP contribution in [0.4, 0.5) is 0 Å². The van der Waals surface area contributed by atoms with Gasteiger partial charge in [0, 0.05) is 56.4 Å². The van der Waals surface area contributed by atoms with Crippen LogP contribution in [0.3, 0.4) is 0 Å². The molecule has 160 valence electrons. The Labute approximate surface area is 223 Å². The molecule has 4 nitrogen and oxygen atoms in total. The molecule has 0 fully saturated rings. The van der Waals surface area contributed by atoms with Crippen LogP contribution >= 0.6 is 48.9 Å². The summed E-state index contributed by atoms with van der Waals surface area (Å²) in [5, 5.41) is 0. The van der Waals surface area contributed by atoms with Crippen molar-refractivity contribution >= 4 is 117 Å². The molecule has 26 heavy (non-hydrogen) atoms. The third-order valence-electron chi connectivity index (χ3n) is 1.46. The number of hydrogen-bond acceptors (Lipinski definition) is 8. The van der Waals surface area contributed by atoms with Gasteiger partial charge >= 0.3 is 33.0 Å². The monoisotopic (exact) mass is 596 g/mol. The molecule has 0 aliphatic heterocycles. The van der Waals surface area contributed by atoms with Crippen molar-refractivity contribution in [3.63, 3.8) is 0 Å². The van der Waals surface area contributed by atoms with Gasteiger partial charge in [-0.1, -0.05) is 17.3 Å². The smallest absolute Gasteiger partial charge is 0.411 e. The zero-order chi connectivity index (χ0) is 20.6. The van der Waals surface area contributed by atoms with Gasteiger partial charge < -0.3 is 119 Å². The van der Waals surface area contributed by atoms with Crippen molar-refractivity contribution in [1.82, 2.24) is 19.6 Å². The van der Waals surface area contributed by atoms with Crippen LogP contribution in [0.15, 0.2) is 0 Å². The standard InChI is InChI=1S/4C3H7NS2.2Ni/c4*1-4(2)3(5)6;;/h4*1-2H3,(H,5,6);;/q;;;;2*+2/p-4. The second-order valence-electron chi connectivity index (χ2n) is 4.64. The van der Waals surface area contributed by atoms with Crippen LogP contribution < -0.4 is 0 Å². The summed E-state index contributed by atoms with van der Waals surface area (Å²) in [5.74, 6) is 0. The van der Waals surface area contributed by atoms with E-state index in [-0.39, 0.29) is 33.0 Å². The Balaban J connectivity index is -0.0000000500. The van der Waals surface area contributed by atoms with Crippen molar-refractivity contribution in [2.45, 2.75) is 0 Å². The second-order valence-corrected chi connectivity index (χ2v) is 8.77. The molecule has 0 aromatic heterocycles. The molecule has 0 rings (SSSR count). The first-order chi connectivity index (χ1) is 10.6. The van der Waals surface area contributed by atoms with E-state index in [9.17, 15) is 0 Å². The van der Waals surface area contributed by atoms with E-state index in [1.165, 1.54) is 0 Å². The van der Waals surface area contributed by atoms with Gasteiger partial charge in [0.2, 0.25) is 0 Å². The van der Waals surface area contributed by atoms with Gasteiger partial charge in [0.25, 0.3) is 0 Å². The Morgan fingerprint density at radius 2 is 0.462 bits per heavy atom. The fourth-order valence-corrected chi connectivity index (χ4v) is 0. The molecule has 0 bridgehead atoms. The maximum Gasteiger partial charge on any atom is 2.00 e. The van der Waals surface area contributed by atoms with E-state index in [0.717, 1.165) is 0 Å².